The summed E-state index contributed by atoms with van der Waals surface area (Å²) in [5.41, 5.74) is 10.5. The molecule has 1 amide bonds. The smallest absolute Gasteiger partial charge is 0.276 e. The van der Waals surface area contributed by atoms with Crippen LogP contribution >= 0.6 is 15.9 Å². The number of carbonyl (C=O) groups is 1. The van der Waals surface area contributed by atoms with Gasteiger partial charge in [-0.2, -0.15) is 5.10 Å². The van der Waals surface area contributed by atoms with Gasteiger partial charge in [0.25, 0.3) is 5.91 Å². The minimum absolute atomic E-state index is 0.247. The summed E-state index contributed by atoms with van der Waals surface area (Å²) in [5.74, 6) is -0.247. The Labute approximate surface area is 132 Å². The molecule has 0 bridgehead atoms. The van der Waals surface area contributed by atoms with Gasteiger partial charge in [0.05, 0.1) is 11.4 Å². The van der Waals surface area contributed by atoms with Crippen molar-refractivity contribution in [3.8, 4) is 0 Å². The lowest BCUT2D eigenvalue weighted by Gasteiger charge is -2.10. The van der Waals surface area contributed by atoms with Crippen LogP contribution in [0.3, 0.4) is 0 Å². The summed E-state index contributed by atoms with van der Waals surface area (Å²) in [6.45, 7) is 5.93. The maximum atomic E-state index is 12.4. The van der Waals surface area contributed by atoms with Crippen molar-refractivity contribution in [2.24, 2.45) is 7.05 Å². The van der Waals surface area contributed by atoms with E-state index in [0.29, 0.717) is 17.8 Å². The van der Waals surface area contributed by atoms with Crippen molar-refractivity contribution in [2.75, 3.05) is 11.1 Å². The number of halogens is 1. The van der Waals surface area contributed by atoms with Crippen molar-refractivity contribution in [3.63, 3.8) is 0 Å². The van der Waals surface area contributed by atoms with Gasteiger partial charge in [-0.15, -0.1) is 0 Å². The highest BCUT2D eigenvalue weighted by Crippen LogP contribution is 2.26. The number of anilines is 2. The number of rotatable bonds is 3. The molecule has 2 rings (SSSR count). The van der Waals surface area contributed by atoms with Crippen LogP contribution in [0.2, 0.25) is 0 Å². The first-order chi connectivity index (χ1) is 9.85. The van der Waals surface area contributed by atoms with Gasteiger partial charge in [0.15, 0.2) is 0 Å². The molecule has 2 aromatic rings. The van der Waals surface area contributed by atoms with Gasteiger partial charge < -0.3 is 11.1 Å². The molecule has 3 N–H and O–H groups in total. The Morgan fingerprint density at radius 3 is 2.43 bits per heavy atom. The average Bonchev–Trinajstić information content (AvgIpc) is 2.70. The maximum Gasteiger partial charge on any atom is 0.276 e. The van der Waals surface area contributed by atoms with Gasteiger partial charge >= 0.3 is 0 Å². The number of aryl methyl sites for hydroxylation is 4. The molecule has 0 aliphatic rings. The van der Waals surface area contributed by atoms with Crippen molar-refractivity contribution in [1.29, 1.82) is 0 Å². The predicted molar refractivity (Wildman–Crippen MR) is 88.6 cm³/mol. The first kappa shape index (κ1) is 15.6. The Balaban J connectivity index is 2.33. The van der Waals surface area contributed by atoms with Gasteiger partial charge in [-0.25, -0.2) is 0 Å². The van der Waals surface area contributed by atoms with Crippen molar-refractivity contribution >= 4 is 33.2 Å². The van der Waals surface area contributed by atoms with Crippen LogP contribution in [-0.4, -0.2) is 15.7 Å². The number of aromatic nitrogens is 2. The van der Waals surface area contributed by atoms with E-state index in [2.05, 4.69) is 26.3 Å². The zero-order chi connectivity index (χ0) is 15.7. The summed E-state index contributed by atoms with van der Waals surface area (Å²) in [7, 11) is 1.72. The number of amides is 1. The Kier molecular flexibility index (Phi) is 4.37. The third kappa shape index (κ3) is 2.95. The molecule has 0 aliphatic heterocycles. The predicted octanol–water partition coefficient (Wildman–Crippen LogP) is 3.20. The van der Waals surface area contributed by atoms with Gasteiger partial charge in [0.2, 0.25) is 0 Å². The van der Waals surface area contributed by atoms with E-state index < -0.39 is 0 Å². The highest BCUT2D eigenvalue weighted by molar-refractivity contribution is 9.10. The van der Waals surface area contributed by atoms with E-state index in [9.17, 15) is 4.79 Å². The molecule has 1 heterocycles. The zero-order valence-corrected chi connectivity index (χ0v) is 14.2. The fraction of sp³-hybridized carbons (Fsp3) is 0.333. The lowest BCUT2D eigenvalue weighted by molar-refractivity contribution is 0.101. The molecule has 0 fully saturated rings. The second kappa shape index (κ2) is 5.89. The van der Waals surface area contributed by atoms with Gasteiger partial charge in [-0.3, -0.25) is 9.48 Å². The summed E-state index contributed by atoms with van der Waals surface area (Å²) >= 11 is 3.51. The van der Waals surface area contributed by atoms with Gasteiger partial charge in [0.1, 0.15) is 5.69 Å². The highest BCUT2D eigenvalue weighted by Gasteiger charge is 2.19. The number of carbonyl (C=O) groups excluding carboxylic acids is 1. The second-order valence-electron chi connectivity index (χ2n) is 5.06. The molecule has 0 spiro atoms. The van der Waals surface area contributed by atoms with Crippen LogP contribution in [0.1, 0.15) is 34.2 Å². The number of nitrogen functional groups attached to an aromatic ring is 1. The fourth-order valence-electron chi connectivity index (χ4n) is 2.33. The number of hydrogen-bond donors (Lipinski definition) is 2. The number of nitrogens with two attached hydrogens (primary N) is 1. The van der Waals surface area contributed by atoms with E-state index in [1.165, 1.54) is 4.68 Å². The fourth-order valence-corrected chi connectivity index (χ4v) is 2.56. The summed E-state index contributed by atoms with van der Waals surface area (Å²) < 4.78 is 2.58. The molecule has 1 aromatic heterocycles. The topological polar surface area (TPSA) is 72.9 Å². The normalized spacial score (nSPS) is 10.7. The molecule has 0 saturated heterocycles. The van der Waals surface area contributed by atoms with Crippen LogP contribution in [0.25, 0.3) is 0 Å². The molecule has 21 heavy (non-hydrogen) atoms. The van der Waals surface area contributed by atoms with E-state index >= 15 is 0 Å². The molecule has 1 aromatic carbocycles. The van der Waals surface area contributed by atoms with E-state index in [1.807, 2.05) is 32.9 Å². The average molecular weight is 351 g/mol. The molecule has 0 radical (unpaired) electrons. The Morgan fingerprint density at radius 2 is 1.95 bits per heavy atom. The Bertz CT molecular complexity index is 683. The van der Waals surface area contributed by atoms with Gasteiger partial charge in [0, 0.05) is 17.2 Å². The number of nitrogens with one attached hydrogen (secondary N) is 1. The van der Waals surface area contributed by atoms with Crippen LogP contribution in [0.5, 0.6) is 0 Å². The third-order valence-electron chi connectivity index (χ3n) is 3.40. The van der Waals surface area contributed by atoms with Crippen molar-refractivity contribution in [3.05, 3.63) is 39.1 Å². The largest absolute Gasteiger partial charge is 0.395 e. The van der Waals surface area contributed by atoms with Crippen molar-refractivity contribution in [2.45, 2.75) is 27.2 Å². The van der Waals surface area contributed by atoms with Crippen LogP contribution < -0.4 is 11.1 Å². The molecule has 5 nitrogen and oxygen atoms in total. The molecule has 0 atom stereocenters. The summed E-state index contributed by atoms with van der Waals surface area (Å²) in [5, 5.41) is 7.15. The SMILES string of the molecule is CCc1nn(C)c(C(=O)Nc2cc(C)c(Br)c(C)c2)c1N. The molecular weight excluding hydrogens is 332 g/mol. The van der Waals surface area contributed by atoms with Crippen LogP contribution in [0.15, 0.2) is 16.6 Å². The summed E-state index contributed by atoms with van der Waals surface area (Å²) in [6, 6.07) is 3.84. The molecule has 6 heteroatoms. The van der Waals surface area contributed by atoms with E-state index in [4.69, 9.17) is 5.73 Å². The first-order valence-electron chi connectivity index (χ1n) is 6.74. The minimum atomic E-state index is -0.247. The zero-order valence-electron chi connectivity index (χ0n) is 12.6. The lowest BCUT2D eigenvalue weighted by Crippen LogP contribution is -2.17. The summed E-state index contributed by atoms with van der Waals surface area (Å²) in [6.07, 6.45) is 0.698. The Hall–Kier alpha value is -1.82. The molecular formula is C15H19BrN4O. The van der Waals surface area contributed by atoms with Crippen LogP contribution in [0.4, 0.5) is 11.4 Å². The number of hydrogen-bond acceptors (Lipinski definition) is 3. The third-order valence-corrected chi connectivity index (χ3v) is 4.66. The van der Waals surface area contributed by atoms with Crippen molar-refractivity contribution in [1.82, 2.24) is 9.78 Å². The van der Waals surface area contributed by atoms with Crippen molar-refractivity contribution < 1.29 is 4.79 Å². The standard InChI is InChI=1S/C15H19BrN4O/c1-5-11-13(17)14(20(4)19-11)15(21)18-10-6-8(2)12(16)9(3)7-10/h6-7H,5,17H2,1-4H3,(H,18,21). The van der Waals surface area contributed by atoms with Crippen LogP contribution in [-0.2, 0) is 13.5 Å². The van der Waals surface area contributed by atoms with E-state index in [0.717, 1.165) is 27.0 Å². The minimum Gasteiger partial charge on any atom is -0.395 e. The lowest BCUT2D eigenvalue weighted by atomic mass is 10.1. The molecule has 0 unspecified atom stereocenters. The summed E-state index contributed by atoms with van der Waals surface area (Å²) in [4.78, 5) is 12.4. The van der Waals surface area contributed by atoms with Gasteiger partial charge in [-0.05, 0) is 43.5 Å². The monoisotopic (exact) mass is 350 g/mol. The first-order valence-corrected chi connectivity index (χ1v) is 7.53. The van der Waals surface area contributed by atoms with Crippen LogP contribution in [0, 0.1) is 13.8 Å². The van der Waals surface area contributed by atoms with E-state index in [-0.39, 0.29) is 5.91 Å². The molecule has 0 saturated carbocycles. The molecule has 0 aliphatic carbocycles. The quantitative estimate of drug-likeness (QED) is 0.892. The second-order valence-corrected chi connectivity index (χ2v) is 5.86. The highest BCUT2D eigenvalue weighted by atomic mass is 79.9. The number of nitrogens with zero attached hydrogens (tertiary/aromatic N) is 2. The maximum absolute atomic E-state index is 12.4. The molecule has 112 valence electrons. The Morgan fingerprint density at radius 1 is 1.38 bits per heavy atom. The number of benzene rings is 1. The van der Waals surface area contributed by atoms with Gasteiger partial charge in [-0.1, -0.05) is 22.9 Å². The van der Waals surface area contributed by atoms with E-state index in [1.54, 1.807) is 7.05 Å².